The van der Waals surface area contributed by atoms with Gasteiger partial charge in [-0.3, -0.25) is 9.69 Å². The first-order valence-electron chi connectivity index (χ1n) is 9.58. The first-order chi connectivity index (χ1) is 14.5. The molecule has 0 unspecified atom stereocenters. The van der Waals surface area contributed by atoms with Gasteiger partial charge >= 0.3 is 0 Å². The Kier molecular flexibility index (Phi) is 6.28. The number of piperidine rings is 1. The number of anilines is 1. The molecule has 3 aromatic rings. The van der Waals surface area contributed by atoms with Crippen LogP contribution < -0.4 is 10.0 Å². The van der Waals surface area contributed by atoms with Gasteiger partial charge in [0, 0.05) is 24.5 Å². The summed E-state index contributed by atoms with van der Waals surface area (Å²) in [5, 5.41) is 5.17. The van der Waals surface area contributed by atoms with Gasteiger partial charge in [0.2, 0.25) is 15.9 Å². The second-order valence-electron chi connectivity index (χ2n) is 7.05. The molecule has 158 valence electrons. The minimum atomic E-state index is -3.52. The van der Waals surface area contributed by atoms with Gasteiger partial charge in [0.15, 0.2) is 10.9 Å². The van der Waals surface area contributed by atoms with E-state index in [0.29, 0.717) is 42.5 Å². The van der Waals surface area contributed by atoms with Gasteiger partial charge < -0.3 is 9.73 Å². The van der Waals surface area contributed by atoms with Gasteiger partial charge in [0.05, 0.1) is 17.7 Å². The third-order valence-corrected chi connectivity index (χ3v) is 7.15. The number of furan rings is 1. The maximum Gasteiger partial charge on any atom is 0.240 e. The lowest BCUT2D eigenvalue weighted by Crippen LogP contribution is -2.46. The second kappa shape index (κ2) is 9.09. The van der Waals surface area contributed by atoms with Crippen molar-refractivity contribution in [3.05, 3.63) is 54.1 Å². The molecule has 1 fully saturated rings. The Hall–Kier alpha value is -2.53. The highest BCUT2D eigenvalue weighted by Crippen LogP contribution is 2.25. The fourth-order valence-electron chi connectivity index (χ4n) is 3.33. The third kappa shape index (κ3) is 5.14. The molecule has 10 heteroatoms. The number of rotatable bonds is 7. The Labute approximate surface area is 179 Å². The molecule has 0 spiro atoms. The van der Waals surface area contributed by atoms with Gasteiger partial charge in [-0.1, -0.05) is 18.2 Å². The summed E-state index contributed by atoms with van der Waals surface area (Å²) in [4.78, 5) is 19.0. The molecule has 8 nitrogen and oxygen atoms in total. The predicted molar refractivity (Wildman–Crippen MR) is 115 cm³/mol. The number of hydrogen-bond donors (Lipinski definition) is 2. The molecule has 0 aliphatic carbocycles. The lowest BCUT2D eigenvalue weighted by Gasteiger charge is -2.31. The minimum Gasteiger partial charge on any atom is -0.463 e. The Balaban J connectivity index is 1.24. The van der Waals surface area contributed by atoms with E-state index in [-0.39, 0.29) is 23.4 Å². The molecule has 0 atom stereocenters. The van der Waals surface area contributed by atoms with Crippen LogP contribution >= 0.6 is 11.3 Å². The van der Waals surface area contributed by atoms with E-state index in [9.17, 15) is 13.2 Å². The number of thiazole rings is 1. The Morgan fingerprint density at radius 3 is 2.63 bits per heavy atom. The summed E-state index contributed by atoms with van der Waals surface area (Å²) in [5.41, 5.74) is 0.687. The van der Waals surface area contributed by atoms with Gasteiger partial charge in [-0.15, -0.1) is 11.3 Å². The summed E-state index contributed by atoms with van der Waals surface area (Å²) in [5.74, 6) is 0.519. The zero-order chi connectivity index (χ0) is 21.0. The Morgan fingerprint density at radius 2 is 1.93 bits per heavy atom. The van der Waals surface area contributed by atoms with Crippen molar-refractivity contribution in [2.45, 2.75) is 23.8 Å². The number of hydrogen-bond acceptors (Lipinski definition) is 7. The van der Waals surface area contributed by atoms with Crippen LogP contribution in [0, 0.1) is 0 Å². The highest BCUT2D eigenvalue weighted by molar-refractivity contribution is 7.89. The van der Waals surface area contributed by atoms with Crippen LogP contribution in [0.1, 0.15) is 12.8 Å². The van der Waals surface area contributed by atoms with Crippen LogP contribution in [0.15, 0.2) is 63.4 Å². The summed E-state index contributed by atoms with van der Waals surface area (Å²) in [6.07, 6.45) is 2.88. The van der Waals surface area contributed by atoms with Gasteiger partial charge in [-0.25, -0.2) is 18.1 Å². The molecule has 1 aromatic carbocycles. The zero-order valence-corrected chi connectivity index (χ0v) is 17.8. The molecule has 1 aliphatic heterocycles. The number of nitrogens with zero attached hydrogens (tertiary/aromatic N) is 2. The highest BCUT2D eigenvalue weighted by Gasteiger charge is 2.25. The summed E-state index contributed by atoms with van der Waals surface area (Å²) >= 11 is 1.34. The molecule has 3 heterocycles. The summed E-state index contributed by atoms with van der Waals surface area (Å²) in [6.45, 7) is 1.53. The topological polar surface area (TPSA) is 105 Å². The minimum absolute atomic E-state index is 0.135. The summed E-state index contributed by atoms with van der Waals surface area (Å²) in [6, 6.07) is 11.8. The van der Waals surface area contributed by atoms with Crippen LogP contribution in [-0.4, -0.2) is 49.9 Å². The maximum absolute atomic E-state index is 12.4. The molecule has 4 rings (SSSR count). The van der Waals surface area contributed by atoms with E-state index in [1.807, 2.05) is 16.3 Å². The number of sulfonamides is 1. The molecule has 0 radical (unpaired) electrons. The van der Waals surface area contributed by atoms with E-state index in [0.717, 1.165) is 0 Å². The van der Waals surface area contributed by atoms with Crippen molar-refractivity contribution < 1.29 is 17.6 Å². The lowest BCUT2D eigenvalue weighted by atomic mass is 10.1. The van der Waals surface area contributed by atoms with E-state index in [2.05, 4.69) is 15.0 Å². The maximum atomic E-state index is 12.4. The average molecular weight is 447 g/mol. The lowest BCUT2D eigenvalue weighted by molar-refractivity contribution is -0.117. The predicted octanol–water partition coefficient (Wildman–Crippen LogP) is 2.78. The van der Waals surface area contributed by atoms with Crippen molar-refractivity contribution in [1.82, 2.24) is 14.6 Å². The van der Waals surface area contributed by atoms with Crippen molar-refractivity contribution >= 4 is 32.4 Å². The largest absolute Gasteiger partial charge is 0.463 e. The van der Waals surface area contributed by atoms with E-state index >= 15 is 0 Å². The van der Waals surface area contributed by atoms with Crippen molar-refractivity contribution in [1.29, 1.82) is 0 Å². The number of nitrogens with one attached hydrogen (secondary N) is 2. The SMILES string of the molecule is O=C(CN1CCC(NS(=O)(=O)c2ccccc2)CC1)Nc1nc(-c2ccco2)cs1. The second-order valence-corrected chi connectivity index (χ2v) is 9.62. The quantitative estimate of drug-likeness (QED) is 0.578. The third-order valence-electron chi connectivity index (χ3n) is 4.85. The Bertz CT molecular complexity index is 1070. The van der Waals surface area contributed by atoms with Crippen LogP contribution in [0.2, 0.25) is 0 Å². The van der Waals surface area contributed by atoms with E-state index in [1.54, 1.807) is 42.7 Å². The molecule has 2 aromatic heterocycles. The molecule has 0 saturated carbocycles. The van der Waals surface area contributed by atoms with Crippen LogP contribution in [0.5, 0.6) is 0 Å². The van der Waals surface area contributed by atoms with Crippen molar-refractivity contribution in [3.63, 3.8) is 0 Å². The molecule has 1 saturated heterocycles. The molecule has 0 bridgehead atoms. The standard InChI is InChI=1S/C20H22N4O4S2/c25-19(22-20-21-17(14-29-20)18-7-4-12-28-18)13-24-10-8-15(9-11-24)23-30(26,27)16-5-2-1-3-6-16/h1-7,12,14-15,23H,8-11,13H2,(H,21,22,25). The van der Waals surface area contributed by atoms with E-state index in [4.69, 9.17) is 4.42 Å². The van der Waals surface area contributed by atoms with E-state index < -0.39 is 10.0 Å². The first-order valence-corrected chi connectivity index (χ1v) is 11.9. The van der Waals surface area contributed by atoms with Gasteiger partial charge in [-0.2, -0.15) is 0 Å². The molecule has 2 N–H and O–H groups in total. The van der Waals surface area contributed by atoms with Gasteiger partial charge in [-0.05, 0) is 37.1 Å². The van der Waals surface area contributed by atoms with Crippen molar-refractivity contribution in [2.24, 2.45) is 0 Å². The Morgan fingerprint density at radius 1 is 1.17 bits per heavy atom. The average Bonchev–Trinajstić information content (AvgIpc) is 3.42. The molecular weight excluding hydrogens is 424 g/mol. The number of benzene rings is 1. The van der Waals surface area contributed by atoms with Crippen LogP contribution in [0.4, 0.5) is 5.13 Å². The summed E-state index contributed by atoms with van der Waals surface area (Å²) in [7, 11) is -3.52. The van der Waals surface area contributed by atoms with Crippen molar-refractivity contribution in [3.8, 4) is 11.5 Å². The highest BCUT2D eigenvalue weighted by atomic mass is 32.2. The molecule has 30 heavy (non-hydrogen) atoms. The number of carbonyl (C=O) groups is 1. The molecule has 1 amide bonds. The van der Waals surface area contributed by atoms with Crippen LogP contribution in [0.3, 0.4) is 0 Å². The van der Waals surface area contributed by atoms with Gasteiger partial charge in [0.1, 0.15) is 5.69 Å². The fraction of sp³-hybridized carbons (Fsp3) is 0.300. The zero-order valence-electron chi connectivity index (χ0n) is 16.2. The molecule has 1 aliphatic rings. The number of carbonyl (C=O) groups excluding carboxylic acids is 1. The number of amides is 1. The van der Waals surface area contributed by atoms with Gasteiger partial charge in [0.25, 0.3) is 0 Å². The summed E-state index contributed by atoms with van der Waals surface area (Å²) < 4.78 is 33.0. The number of likely N-dealkylation sites (tertiary alicyclic amines) is 1. The van der Waals surface area contributed by atoms with E-state index in [1.165, 1.54) is 11.3 Å². The fourth-order valence-corrected chi connectivity index (χ4v) is 5.37. The number of aromatic nitrogens is 1. The van der Waals surface area contributed by atoms with Crippen LogP contribution in [-0.2, 0) is 14.8 Å². The smallest absolute Gasteiger partial charge is 0.240 e. The normalized spacial score (nSPS) is 15.9. The monoisotopic (exact) mass is 446 g/mol. The van der Waals surface area contributed by atoms with Crippen molar-refractivity contribution in [2.75, 3.05) is 25.0 Å². The first kappa shape index (κ1) is 20.7. The molecular formula is C20H22N4O4S2. The van der Waals surface area contributed by atoms with Crippen LogP contribution in [0.25, 0.3) is 11.5 Å².